The minimum Gasteiger partial charge on any atom is -0.496 e. The number of aromatic nitrogens is 2. The van der Waals surface area contributed by atoms with Gasteiger partial charge < -0.3 is 9.64 Å². The van der Waals surface area contributed by atoms with Crippen molar-refractivity contribution < 1.29 is 4.74 Å². The molecule has 0 aliphatic carbocycles. The minimum atomic E-state index is 0.727. The molecule has 0 aliphatic heterocycles. The Morgan fingerprint density at radius 3 is 2.68 bits per heavy atom. The van der Waals surface area contributed by atoms with Gasteiger partial charge in [0.2, 0.25) is 0 Å². The maximum atomic E-state index is 5.43. The first kappa shape index (κ1) is 14.3. The third kappa shape index (κ3) is 2.60. The van der Waals surface area contributed by atoms with E-state index in [0.717, 1.165) is 34.6 Å². The second kappa shape index (κ2) is 6.02. The van der Waals surface area contributed by atoms with Crippen LogP contribution >= 0.6 is 0 Å². The van der Waals surface area contributed by atoms with Crippen molar-refractivity contribution in [2.45, 2.75) is 13.5 Å². The van der Waals surface area contributed by atoms with Gasteiger partial charge in [-0.2, -0.15) is 0 Å². The van der Waals surface area contributed by atoms with Crippen LogP contribution in [0.25, 0.3) is 10.9 Å². The maximum Gasteiger partial charge on any atom is 0.140 e. The fourth-order valence-electron chi connectivity index (χ4n) is 2.71. The Morgan fingerprint density at radius 1 is 1.05 bits per heavy atom. The predicted molar refractivity (Wildman–Crippen MR) is 89.4 cm³/mol. The monoisotopic (exact) mass is 293 g/mol. The average Bonchev–Trinajstić information content (AvgIpc) is 2.55. The number of hydrogen-bond acceptors (Lipinski definition) is 4. The molecular weight excluding hydrogens is 274 g/mol. The molecule has 0 amide bonds. The summed E-state index contributed by atoms with van der Waals surface area (Å²) in [6.45, 7) is 2.82. The molecule has 3 rings (SSSR count). The van der Waals surface area contributed by atoms with Crippen molar-refractivity contribution in [2.75, 3.05) is 19.1 Å². The van der Waals surface area contributed by atoms with Crippen molar-refractivity contribution in [3.63, 3.8) is 0 Å². The highest BCUT2D eigenvalue weighted by molar-refractivity contribution is 5.92. The topological polar surface area (TPSA) is 38.2 Å². The molecule has 2 aromatic carbocycles. The molecule has 1 heterocycles. The Hall–Kier alpha value is -2.62. The fraction of sp³-hybridized carbons (Fsp3) is 0.222. The molecule has 4 heteroatoms. The van der Waals surface area contributed by atoms with Crippen LogP contribution in [0.5, 0.6) is 5.75 Å². The van der Waals surface area contributed by atoms with E-state index in [2.05, 4.69) is 33.9 Å². The molecule has 0 saturated heterocycles. The van der Waals surface area contributed by atoms with Gasteiger partial charge in [0, 0.05) is 24.5 Å². The first-order valence-corrected chi connectivity index (χ1v) is 7.24. The lowest BCUT2D eigenvalue weighted by molar-refractivity contribution is 0.409. The lowest BCUT2D eigenvalue weighted by Gasteiger charge is -2.21. The van der Waals surface area contributed by atoms with E-state index in [4.69, 9.17) is 4.74 Å². The summed E-state index contributed by atoms with van der Waals surface area (Å²) >= 11 is 0. The summed E-state index contributed by atoms with van der Waals surface area (Å²) in [5.74, 6) is 1.83. The summed E-state index contributed by atoms with van der Waals surface area (Å²) in [5.41, 5.74) is 3.28. The van der Waals surface area contributed by atoms with Gasteiger partial charge >= 0.3 is 0 Å². The number of para-hydroxylation sites is 1. The van der Waals surface area contributed by atoms with E-state index in [1.165, 1.54) is 5.56 Å². The van der Waals surface area contributed by atoms with Gasteiger partial charge in [0.05, 0.1) is 12.6 Å². The van der Waals surface area contributed by atoms with Gasteiger partial charge in [-0.15, -0.1) is 0 Å². The molecule has 0 atom stereocenters. The molecule has 0 fully saturated rings. The van der Waals surface area contributed by atoms with E-state index >= 15 is 0 Å². The predicted octanol–water partition coefficient (Wildman–Crippen LogP) is 3.58. The first-order valence-electron chi connectivity index (χ1n) is 7.24. The van der Waals surface area contributed by atoms with Crippen molar-refractivity contribution in [1.82, 2.24) is 9.97 Å². The van der Waals surface area contributed by atoms with Crippen LogP contribution in [0.2, 0.25) is 0 Å². The summed E-state index contributed by atoms with van der Waals surface area (Å²) in [6.07, 6.45) is 1.62. The second-order valence-electron chi connectivity index (χ2n) is 5.33. The van der Waals surface area contributed by atoms with Gasteiger partial charge in [-0.3, -0.25) is 0 Å². The molecule has 1 aromatic heterocycles. The molecule has 0 bridgehead atoms. The minimum absolute atomic E-state index is 0.727. The van der Waals surface area contributed by atoms with Crippen LogP contribution in [0, 0.1) is 6.92 Å². The lowest BCUT2D eigenvalue weighted by atomic mass is 10.1. The van der Waals surface area contributed by atoms with Gasteiger partial charge in [0.1, 0.15) is 17.9 Å². The molecular formula is C18H19N3O. The standard InChI is InChI=1S/C18H19N3O/c1-13-7-6-9-15-17(13)18(20-12-19-15)21(2)11-14-8-4-5-10-16(14)22-3/h4-10,12H,11H2,1-3H3. The third-order valence-electron chi connectivity index (χ3n) is 3.81. The SMILES string of the molecule is COc1ccccc1CN(C)c1ncnc2cccc(C)c12. The fourth-order valence-corrected chi connectivity index (χ4v) is 2.71. The summed E-state index contributed by atoms with van der Waals surface area (Å²) in [7, 11) is 3.74. The number of anilines is 1. The van der Waals surface area contributed by atoms with E-state index in [1.54, 1.807) is 13.4 Å². The van der Waals surface area contributed by atoms with E-state index in [1.807, 2.05) is 37.4 Å². The third-order valence-corrected chi connectivity index (χ3v) is 3.81. The zero-order valence-electron chi connectivity index (χ0n) is 13.1. The van der Waals surface area contributed by atoms with Crippen molar-refractivity contribution in [2.24, 2.45) is 0 Å². The Balaban J connectivity index is 2.01. The zero-order valence-corrected chi connectivity index (χ0v) is 13.1. The maximum absolute atomic E-state index is 5.43. The van der Waals surface area contributed by atoms with Gasteiger partial charge in [0.25, 0.3) is 0 Å². The number of fused-ring (bicyclic) bond motifs is 1. The van der Waals surface area contributed by atoms with E-state index < -0.39 is 0 Å². The summed E-state index contributed by atoms with van der Waals surface area (Å²) < 4.78 is 5.43. The van der Waals surface area contributed by atoms with Crippen molar-refractivity contribution in [3.05, 3.63) is 59.9 Å². The summed E-state index contributed by atoms with van der Waals surface area (Å²) in [4.78, 5) is 11.0. The van der Waals surface area contributed by atoms with Gasteiger partial charge in [-0.05, 0) is 24.6 Å². The smallest absolute Gasteiger partial charge is 0.140 e. The van der Waals surface area contributed by atoms with Crippen LogP contribution in [0.3, 0.4) is 0 Å². The number of benzene rings is 2. The molecule has 22 heavy (non-hydrogen) atoms. The molecule has 4 nitrogen and oxygen atoms in total. The van der Waals surface area contributed by atoms with Crippen molar-refractivity contribution in [3.8, 4) is 5.75 Å². The normalized spacial score (nSPS) is 10.7. The van der Waals surface area contributed by atoms with Crippen LogP contribution < -0.4 is 9.64 Å². The van der Waals surface area contributed by atoms with Crippen molar-refractivity contribution >= 4 is 16.7 Å². The highest BCUT2D eigenvalue weighted by Crippen LogP contribution is 2.27. The van der Waals surface area contributed by atoms with E-state index in [9.17, 15) is 0 Å². The van der Waals surface area contributed by atoms with Crippen LogP contribution in [0.4, 0.5) is 5.82 Å². The Kier molecular flexibility index (Phi) is 3.92. The van der Waals surface area contributed by atoms with Crippen LogP contribution in [0.15, 0.2) is 48.8 Å². The summed E-state index contributed by atoms with van der Waals surface area (Å²) in [6, 6.07) is 14.2. The number of methoxy groups -OCH3 is 1. The molecule has 0 unspecified atom stereocenters. The van der Waals surface area contributed by atoms with Crippen LogP contribution in [-0.2, 0) is 6.54 Å². The molecule has 3 aromatic rings. The number of ether oxygens (including phenoxy) is 1. The molecule has 0 N–H and O–H groups in total. The average molecular weight is 293 g/mol. The Bertz CT molecular complexity index is 796. The van der Waals surface area contributed by atoms with E-state index in [0.29, 0.717) is 0 Å². The van der Waals surface area contributed by atoms with E-state index in [-0.39, 0.29) is 0 Å². The Morgan fingerprint density at radius 2 is 1.86 bits per heavy atom. The first-order chi connectivity index (χ1) is 10.7. The van der Waals surface area contributed by atoms with Crippen LogP contribution in [0.1, 0.15) is 11.1 Å². The zero-order chi connectivity index (χ0) is 15.5. The largest absolute Gasteiger partial charge is 0.496 e. The highest BCUT2D eigenvalue weighted by Gasteiger charge is 2.12. The molecule has 0 saturated carbocycles. The van der Waals surface area contributed by atoms with Gasteiger partial charge in [-0.25, -0.2) is 9.97 Å². The number of hydrogen-bond donors (Lipinski definition) is 0. The number of rotatable bonds is 4. The number of nitrogens with zero attached hydrogens (tertiary/aromatic N) is 3. The summed E-state index contributed by atoms with van der Waals surface area (Å²) in [5, 5.41) is 1.10. The van der Waals surface area contributed by atoms with Gasteiger partial charge in [0.15, 0.2) is 0 Å². The quantitative estimate of drug-likeness (QED) is 0.737. The van der Waals surface area contributed by atoms with Crippen LogP contribution in [-0.4, -0.2) is 24.1 Å². The lowest BCUT2D eigenvalue weighted by Crippen LogP contribution is -2.19. The van der Waals surface area contributed by atoms with Crippen molar-refractivity contribution in [1.29, 1.82) is 0 Å². The Labute approximate surface area is 130 Å². The molecule has 0 radical (unpaired) electrons. The molecule has 112 valence electrons. The number of aryl methyl sites for hydroxylation is 1. The highest BCUT2D eigenvalue weighted by atomic mass is 16.5. The second-order valence-corrected chi connectivity index (χ2v) is 5.33. The van der Waals surface area contributed by atoms with Gasteiger partial charge in [-0.1, -0.05) is 30.3 Å². The molecule has 0 spiro atoms. The molecule has 0 aliphatic rings.